The summed E-state index contributed by atoms with van der Waals surface area (Å²) in [4.78, 5) is 1.03. The Bertz CT molecular complexity index is 771. The first-order valence-corrected chi connectivity index (χ1v) is 8.77. The van der Waals surface area contributed by atoms with Crippen LogP contribution in [0.2, 0.25) is 5.02 Å². The van der Waals surface area contributed by atoms with Gasteiger partial charge in [0.05, 0.1) is 11.4 Å². The van der Waals surface area contributed by atoms with Crippen molar-refractivity contribution in [3.05, 3.63) is 51.2 Å². The van der Waals surface area contributed by atoms with Gasteiger partial charge in [0, 0.05) is 22.0 Å². The van der Waals surface area contributed by atoms with Crippen LogP contribution in [0.4, 0.5) is 0 Å². The number of benzene rings is 1. The van der Waals surface area contributed by atoms with E-state index in [0.717, 1.165) is 10.4 Å². The maximum absolute atomic E-state index is 12.2. The van der Waals surface area contributed by atoms with Crippen molar-refractivity contribution in [1.82, 2.24) is 4.72 Å². The summed E-state index contributed by atoms with van der Waals surface area (Å²) < 4.78 is 26.9. The molecule has 0 unspecified atom stereocenters. The maximum Gasteiger partial charge on any atom is 0.240 e. The molecule has 0 saturated carbocycles. The molecule has 7 heteroatoms. The third-order valence-corrected chi connectivity index (χ3v) is 5.21. The van der Waals surface area contributed by atoms with Gasteiger partial charge in [0.2, 0.25) is 10.0 Å². The molecule has 0 saturated heterocycles. The van der Waals surface area contributed by atoms with Crippen molar-refractivity contribution in [3.63, 3.8) is 0 Å². The molecule has 3 N–H and O–H groups in total. The zero-order valence-electron chi connectivity index (χ0n) is 11.0. The number of sulfonamides is 1. The first-order valence-electron chi connectivity index (χ1n) is 6.03. The summed E-state index contributed by atoms with van der Waals surface area (Å²) in [5.41, 5.74) is 6.13. The summed E-state index contributed by atoms with van der Waals surface area (Å²) >= 11 is 7.20. The minimum absolute atomic E-state index is 0.179. The van der Waals surface area contributed by atoms with Crippen LogP contribution in [0.3, 0.4) is 0 Å². The first kappa shape index (κ1) is 16.0. The summed E-state index contributed by atoms with van der Waals surface area (Å²) in [7, 11) is -3.57. The molecular formula is C14H13ClN2O2S2. The lowest BCUT2D eigenvalue weighted by molar-refractivity contribution is 0.582. The molecule has 1 heterocycles. The van der Waals surface area contributed by atoms with E-state index < -0.39 is 10.0 Å². The molecular weight excluding hydrogens is 328 g/mol. The highest BCUT2D eigenvalue weighted by molar-refractivity contribution is 7.89. The Balaban J connectivity index is 2.12. The average Bonchev–Trinajstić information content (AvgIpc) is 2.91. The van der Waals surface area contributed by atoms with Crippen LogP contribution in [0.5, 0.6) is 0 Å². The van der Waals surface area contributed by atoms with Gasteiger partial charge in [0.1, 0.15) is 0 Å². The van der Waals surface area contributed by atoms with Crippen LogP contribution in [0, 0.1) is 11.8 Å². The molecule has 0 amide bonds. The third-order valence-electron chi connectivity index (χ3n) is 2.62. The van der Waals surface area contributed by atoms with E-state index in [2.05, 4.69) is 16.6 Å². The number of nitrogens with one attached hydrogen (secondary N) is 1. The van der Waals surface area contributed by atoms with Crippen molar-refractivity contribution in [2.45, 2.75) is 11.4 Å². The monoisotopic (exact) mass is 340 g/mol. The van der Waals surface area contributed by atoms with E-state index in [0.29, 0.717) is 5.02 Å². The second-order valence-electron chi connectivity index (χ2n) is 4.04. The second-order valence-corrected chi connectivity index (χ2v) is 7.25. The Morgan fingerprint density at radius 2 is 1.95 bits per heavy atom. The molecule has 21 heavy (non-hydrogen) atoms. The molecule has 0 aliphatic heterocycles. The Hall–Kier alpha value is -1.36. The minimum Gasteiger partial charge on any atom is -0.320 e. The molecule has 0 fully saturated rings. The molecule has 0 bridgehead atoms. The van der Waals surface area contributed by atoms with Crippen LogP contribution >= 0.6 is 22.9 Å². The van der Waals surface area contributed by atoms with Gasteiger partial charge >= 0.3 is 0 Å². The zero-order valence-corrected chi connectivity index (χ0v) is 13.4. The zero-order chi connectivity index (χ0) is 15.3. The van der Waals surface area contributed by atoms with Crippen LogP contribution in [0.1, 0.15) is 10.4 Å². The number of thiophene rings is 1. The largest absolute Gasteiger partial charge is 0.320 e. The predicted molar refractivity (Wildman–Crippen MR) is 85.7 cm³/mol. The van der Waals surface area contributed by atoms with E-state index in [1.807, 2.05) is 11.4 Å². The fraction of sp³-hybridized carbons (Fsp3) is 0.143. The standard InChI is InChI=1S/C14H13ClN2O2S2/c15-12-3-5-13(6-4-12)21(18,19)17-10-14-11(2-1-8-16)7-9-20-14/h3-7,9,17H,8,10,16H2. The van der Waals surface area contributed by atoms with Crippen LogP contribution in [-0.2, 0) is 16.6 Å². The number of nitrogens with two attached hydrogens (primary N) is 1. The van der Waals surface area contributed by atoms with Crippen LogP contribution in [0.25, 0.3) is 0 Å². The van der Waals surface area contributed by atoms with Crippen molar-refractivity contribution < 1.29 is 8.42 Å². The maximum atomic E-state index is 12.2. The van der Waals surface area contributed by atoms with Gasteiger partial charge in [-0.05, 0) is 35.7 Å². The van der Waals surface area contributed by atoms with Gasteiger partial charge in [-0.15, -0.1) is 11.3 Å². The smallest absolute Gasteiger partial charge is 0.240 e. The number of rotatable bonds is 4. The topological polar surface area (TPSA) is 72.2 Å². The van der Waals surface area contributed by atoms with Gasteiger partial charge in [-0.25, -0.2) is 13.1 Å². The second kappa shape index (κ2) is 7.07. The summed E-state index contributed by atoms with van der Waals surface area (Å²) in [6.45, 7) is 0.461. The minimum atomic E-state index is -3.57. The lowest BCUT2D eigenvalue weighted by Crippen LogP contribution is -2.23. The Kier molecular flexibility index (Phi) is 5.39. The molecule has 0 aliphatic carbocycles. The van der Waals surface area contributed by atoms with Gasteiger partial charge in [-0.1, -0.05) is 23.4 Å². The Labute approximate surface area is 133 Å². The van der Waals surface area contributed by atoms with Gasteiger partial charge in [-0.2, -0.15) is 0 Å². The van der Waals surface area contributed by atoms with Crippen molar-refractivity contribution in [2.24, 2.45) is 5.73 Å². The van der Waals surface area contributed by atoms with E-state index in [4.69, 9.17) is 17.3 Å². The predicted octanol–water partition coefficient (Wildman–Crippen LogP) is 2.19. The number of hydrogen-bond acceptors (Lipinski definition) is 4. The van der Waals surface area contributed by atoms with Gasteiger partial charge < -0.3 is 5.73 Å². The first-order chi connectivity index (χ1) is 10.0. The van der Waals surface area contributed by atoms with Crippen molar-refractivity contribution in [3.8, 4) is 11.8 Å². The van der Waals surface area contributed by atoms with Crippen LogP contribution in [0.15, 0.2) is 40.6 Å². The van der Waals surface area contributed by atoms with Crippen LogP contribution in [-0.4, -0.2) is 15.0 Å². The number of hydrogen-bond donors (Lipinski definition) is 2. The third kappa shape index (κ3) is 4.30. The van der Waals surface area contributed by atoms with Gasteiger partial charge in [0.25, 0.3) is 0 Å². The normalized spacial score (nSPS) is 11.0. The molecule has 110 valence electrons. The van der Waals surface area contributed by atoms with E-state index in [-0.39, 0.29) is 18.0 Å². The molecule has 4 nitrogen and oxygen atoms in total. The van der Waals surface area contributed by atoms with Crippen molar-refractivity contribution >= 4 is 33.0 Å². The fourth-order valence-electron chi connectivity index (χ4n) is 1.59. The molecule has 1 aromatic carbocycles. The summed E-state index contributed by atoms with van der Waals surface area (Å²) in [5, 5.41) is 2.36. The molecule has 2 rings (SSSR count). The van der Waals surface area contributed by atoms with E-state index >= 15 is 0 Å². The summed E-state index contributed by atoms with van der Waals surface area (Å²) in [6.07, 6.45) is 0. The molecule has 0 atom stereocenters. The molecule has 0 aliphatic rings. The number of halogens is 1. The Morgan fingerprint density at radius 1 is 1.24 bits per heavy atom. The van der Waals surface area contributed by atoms with E-state index in [1.165, 1.54) is 23.5 Å². The fourth-order valence-corrected chi connectivity index (χ4v) is 3.58. The quantitative estimate of drug-likeness (QED) is 0.838. The van der Waals surface area contributed by atoms with Crippen LogP contribution < -0.4 is 10.5 Å². The highest BCUT2D eigenvalue weighted by atomic mass is 35.5. The highest BCUT2D eigenvalue weighted by Crippen LogP contribution is 2.18. The van der Waals surface area contributed by atoms with Crippen molar-refractivity contribution in [2.75, 3.05) is 6.54 Å². The molecule has 0 radical (unpaired) electrons. The molecule has 1 aromatic heterocycles. The molecule has 2 aromatic rings. The summed E-state index contributed by atoms with van der Waals surface area (Å²) in [6, 6.07) is 7.86. The van der Waals surface area contributed by atoms with Gasteiger partial charge in [0.15, 0.2) is 0 Å². The summed E-state index contributed by atoms with van der Waals surface area (Å²) in [5.74, 6) is 5.68. The lowest BCUT2D eigenvalue weighted by atomic mass is 10.2. The van der Waals surface area contributed by atoms with E-state index in [9.17, 15) is 8.42 Å². The average molecular weight is 341 g/mol. The molecule has 0 spiro atoms. The van der Waals surface area contributed by atoms with Crippen molar-refractivity contribution in [1.29, 1.82) is 0 Å². The highest BCUT2D eigenvalue weighted by Gasteiger charge is 2.14. The van der Waals surface area contributed by atoms with Gasteiger partial charge in [-0.3, -0.25) is 0 Å². The SMILES string of the molecule is NCC#Cc1ccsc1CNS(=O)(=O)c1ccc(Cl)cc1. The van der Waals surface area contributed by atoms with E-state index in [1.54, 1.807) is 12.1 Å². The lowest BCUT2D eigenvalue weighted by Gasteiger charge is -2.06. The Morgan fingerprint density at radius 3 is 2.62 bits per heavy atom.